The van der Waals surface area contributed by atoms with Crippen molar-refractivity contribution < 1.29 is 9.13 Å². The normalized spacial score (nSPS) is 10.9. The Morgan fingerprint density at radius 3 is 2.65 bits per heavy atom. The average molecular weight is 392 g/mol. The molecule has 0 unspecified atom stereocenters. The van der Waals surface area contributed by atoms with Crippen LogP contribution in [-0.4, -0.2) is 21.4 Å². The van der Waals surface area contributed by atoms with Crippen molar-refractivity contribution in [1.82, 2.24) is 14.8 Å². The number of nitrogens with zero attached hydrogens (tertiary/aromatic N) is 3. The lowest BCUT2D eigenvalue weighted by atomic mass is 10.2. The maximum Gasteiger partial charge on any atom is 0.191 e. The molecular weight excluding hydrogens is 373 g/mol. The molecule has 26 heavy (non-hydrogen) atoms. The number of hydrogen-bond donors (Lipinski definition) is 0. The number of hydrogen-bond acceptors (Lipinski definition) is 4. The van der Waals surface area contributed by atoms with Crippen LogP contribution in [0.2, 0.25) is 5.02 Å². The average Bonchev–Trinajstić information content (AvgIpc) is 3.05. The van der Waals surface area contributed by atoms with Gasteiger partial charge >= 0.3 is 0 Å². The minimum absolute atomic E-state index is 0.311. The van der Waals surface area contributed by atoms with Crippen LogP contribution in [0.25, 0.3) is 11.4 Å². The lowest BCUT2D eigenvalue weighted by molar-refractivity contribution is 0.341. The van der Waals surface area contributed by atoms with Gasteiger partial charge in [-0.25, -0.2) is 4.39 Å². The summed E-state index contributed by atoms with van der Waals surface area (Å²) in [5, 5.41) is 9.77. The zero-order valence-corrected chi connectivity index (χ0v) is 16.1. The van der Waals surface area contributed by atoms with Crippen LogP contribution in [0.4, 0.5) is 4.39 Å². The van der Waals surface area contributed by atoms with E-state index in [0.717, 1.165) is 17.1 Å². The second-order valence-corrected chi connectivity index (χ2v) is 6.82. The minimum atomic E-state index is -0.311. The highest BCUT2D eigenvalue weighted by atomic mass is 35.5. The zero-order valence-electron chi connectivity index (χ0n) is 14.6. The maximum absolute atomic E-state index is 14.0. The van der Waals surface area contributed by atoms with Crippen LogP contribution < -0.4 is 4.74 Å². The first-order valence-electron chi connectivity index (χ1n) is 8.36. The van der Waals surface area contributed by atoms with Gasteiger partial charge in [-0.2, -0.15) is 0 Å². The minimum Gasteiger partial charge on any atom is -0.493 e. The molecule has 0 saturated heterocycles. The third-order valence-electron chi connectivity index (χ3n) is 3.87. The van der Waals surface area contributed by atoms with Crippen molar-refractivity contribution >= 4 is 23.4 Å². The number of benzene rings is 2. The van der Waals surface area contributed by atoms with Gasteiger partial charge in [0.2, 0.25) is 0 Å². The van der Waals surface area contributed by atoms with E-state index < -0.39 is 0 Å². The van der Waals surface area contributed by atoms with Gasteiger partial charge in [0.1, 0.15) is 11.6 Å². The van der Waals surface area contributed by atoms with E-state index >= 15 is 0 Å². The molecule has 0 amide bonds. The first kappa shape index (κ1) is 18.7. The molecule has 0 atom stereocenters. The summed E-state index contributed by atoms with van der Waals surface area (Å²) in [6.45, 7) is 5.23. The molecule has 0 bridgehead atoms. The molecule has 0 saturated carbocycles. The van der Waals surface area contributed by atoms with E-state index in [4.69, 9.17) is 16.3 Å². The van der Waals surface area contributed by atoms with Gasteiger partial charge in [-0.15, -0.1) is 10.2 Å². The smallest absolute Gasteiger partial charge is 0.191 e. The lowest BCUT2D eigenvalue weighted by Gasteiger charge is -2.11. The van der Waals surface area contributed by atoms with Gasteiger partial charge in [0, 0.05) is 22.9 Å². The van der Waals surface area contributed by atoms with Crippen molar-refractivity contribution in [2.24, 2.45) is 0 Å². The topological polar surface area (TPSA) is 39.9 Å². The highest BCUT2D eigenvalue weighted by Gasteiger charge is 2.17. The summed E-state index contributed by atoms with van der Waals surface area (Å²) in [4.78, 5) is 0. The predicted octanol–water partition coefficient (Wildman–Crippen LogP) is 5.45. The molecule has 0 aliphatic rings. The highest BCUT2D eigenvalue weighted by molar-refractivity contribution is 7.98. The largest absolute Gasteiger partial charge is 0.493 e. The summed E-state index contributed by atoms with van der Waals surface area (Å²) in [5.41, 5.74) is 1.36. The summed E-state index contributed by atoms with van der Waals surface area (Å²) in [5.74, 6) is 1.58. The Bertz CT molecular complexity index is 880. The van der Waals surface area contributed by atoms with E-state index in [1.165, 1.54) is 17.8 Å². The molecule has 1 aromatic heterocycles. The fraction of sp³-hybridized carbons (Fsp3) is 0.263. The third kappa shape index (κ3) is 3.86. The van der Waals surface area contributed by atoms with Gasteiger partial charge < -0.3 is 9.30 Å². The highest BCUT2D eigenvalue weighted by Crippen LogP contribution is 2.33. The summed E-state index contributed by atoms with van der Waals surface area (Å²) in [6, 6.07) is 12.5. The second-order valence-electron chi connectivity index (χ2n) is 5.47. The Morgan fingerprint density at radius 2 is 1.92 bits per heavy atom. The fourth-order valence-electron chi connectivity index (χ4n) is 2.62. The van der Waals surface area contributed by atoms with Crippen molar-refractivity contribution in [3.05, 3.63) is 58.9 Å². The molecule has 0 N–H and O–H groups in total. The summed E-state index contributed by atoms with van der Waals surface area (Å²) < 4.78 is 21.7. The van der Waals surface area contributed by atoms with Crippen LogP contribution in [0, 0.1) is 5.82 Å². The zero-order chi connectivity index (χ0) is 18.5. The lowest BCUT2D eigenvalue weighted by Crippen LogP contribution is -2.02. The molecule has 0 spiro atoms. The summed E-state index contributed by atoms with van der Waals surface area (Å²) in [7, 11) is 0. The van der Waals surface area contributed by atoms with Crippen molar-refractivity contribution in [2.75, 3.05) is 6.61 Å². The Labute approximate surface area is 161 Å². The Balaban J connectivity index is 1.90. The molecule has 0 fully saturated rings. The Hall–Kier alpha value is -2.05. The molecular formula is C19H19ClFN3OS. The molecule has 136 valence electrons. The van der Waals surface area contributed by atoms with Crippen molar-refractivity contribution in [3.8, 4) is 17.1 Å². The maximum atomic E-state index is 14.0. The molecule has 3 aromatic rings. The molecule has 2 aromatic carbocycles. The van der Waals surface area contributed by atoms with Crippen LogP contribution in [0.15, 0.2) is 47.6 Å². The molecule has 3 rings (SSSR count). The number of rotatable bonds is 7. The number of thioether (sulfide) groups is 1. The van der Waals surface area contributed by atoms with E-state index in [0.29, 0.717) is 34.6 Å². The van der Waals surface area contributed by atoms with Gasteiger partial charge in [-0.3, -0.25) is 0 Å². The standard InChI is InChI=1S/C19H19ClFN3OS/c1-3-24-18(13-8-5-6-11-17(13)25-4-2)22-23-19(24)26-12-14-15(20)9-7-10-16(14)21/h5-11H,3-4,12H2,1-2H3. The molecule has 1 heterocycles. The number of para-hydroxylation sites is 1. The van der Waals surface area contributed by atoms with E-state index in [-0.39, 0.29) is 5.82 Å². The molecule has 0 aliphatic heterocycles. The number of aromatic nitrogens is 3. The fourth-order valence-corrected chi connectivity index (χ4v) is 3.97. The number of halogens is 2. The van der Waals surface area contributed by atoms with Crippen LogP contribution in [0.3, 0.4) is 0 Å². The van der Waals surface area contributed by atoms with Crippen molar-refractivity contribution in [1.29, 1.82) is 0 Å². The number of ether oxygens (including phenoxy) is 1. The molecule has 0 aliphatic carbocycles. The Morgan fingerprint density at radius 1 is 1.12 bits per heavy atom. The van der Waals surface area contributed by atoms with Crippen LogP contribution in [0.5, 0.6) is 5.75 Å². The van der Waals surface area contributed by atoms with E-state index in [9.17, 15) is 4.39 Å². The summed E-state index contributed by atoms with van der Waals surface area (Å²) in [6.07, 6.45) is 0. The van der Waals surface area contributed by atoms with Crippen LogP contribution in [-0.2, 0) is 12.3 Å². The van der Waals surface area contributed by atoms with Crippen LogP contribution in [0.1, 0.15) is 19.4 Å². The van der Waals surface area contributed by atoms with E-state index in [1.807, 2.05) is 42.7 Å². The van der Waals surface area contributed by atoms with Gasteiger partial charge in [-0.05, 0) is 38.1 Å². The van der Waals surface area contributed by atoms with Gasteiger partial charge in [0.05, 0.1) is 12.2 Å². The van der Waals surface area contributed by atoms with Crippen molar-refractivity contribution in [2.45, 2.75) is 31.3 Å². The molecule has 4 nitrogen and oxygen atoms in total. The van der Waals surface area contributed by atoms with E-state index in [1.54, 1.807) is 12.1 Å². The molecule has 0 radical (unpaired) electrons. The summed E-state index contributed by atoms with van der Waals surface area (Å²) >= 11 is 7.53. The monoisotopic (exact) mass is 391 g/mol. The Kier molecular flexibility index (Phi) is 6.16. The first-order chi connectivity index (χ1) is 12.7. The quantitative estimate of drug-likeness (QED) is 0.502. The SMILES string of the molecule is CCOc1ccccc1-c1nnc(SCc2c(F)cccc2Cl)n1CC. The van der Waals surface area contributed by atoms with Gasteiger partial charge in [-0.1, -0.05) is 41.6 Å². The van der Waals surface area contributed by atoms with Crippen molar-refractivity contribution in [3.63, 3.8) is 0 Å². The first-order valence-corrected chi connectivity index (χ1v) is 9.73. The molecule has 7 heteroatoms. The van der Waals surface area contributed by atoms with Gasteiger partial charge in [0.15, 0.2) is 11.0 Å². The van der Waals surface area contributed by atoms with E-state index in [2.05, 4.69) is 10.2 Å². The second kappa shape index (κ2) is 8.56. The van der Waals surface area contributed by atoms with Gasteiger partial charge in [0.25, 0.3) is 0 Å². The predicted molar refractivity (Wildman–Crippen MR) is 103 cm³/mol. The third-order valence-corrected chi connectivity index (χ3v) is 5.22. The van der Waals surface area contributed by atoms with Crippen LogP contribution >= 0.6 is 23.4 Å².